The van der Waals surface area contributed by atoms with Gasteiger partial charge >= 0.3 is 0 Å². The number of hydrogen-bond donors (Lipinski definition) is 1. The Kier molecular flexibility index (Phi) is 6.31. The van der Waals surface area contributed by atoms with Crippen molar-refractivity contribution < 1.29 is 13.9 Å². The first kappa shape index (κ1) is 23.1. The molecule has 5 aromatic rings. The van der Waals surface area contributed by atoms with Crippen LogP contribution in [0, 0.1) is 0 Å². The number of rotatable bonds is 6. The number of benzene rings is 4. The fourth-order valence-electron chi connectivity index (χ4n) is 4.16. The summed E-state index contributed by atoms with van der Waals surface area (Å²) in [6, 6.07) is 23.3. The van der Waals surface area contributed by atoms with Gasteiger partial charge in [0, 0.05) is 11.3 Å². The molecule has 0 saturated carbocycles. The average Bonchev–Trinajstić information content (AvgIpc) is 3.32. The number of fused-ring (bicyclic) bond motifs is 2. The molecule has 5 rings (SSSR count). The van der Waals surface area contributed by atoms with E-state index in [0.717, 1.165) is 38.3 Å². The molecule has 5 nitrogen and oxygen atoms in total. The lowest BCUT2D eigenvalue weighted by Crippen LogP contribution is -2.13. The van der Waals surface area contributed by atoms with E-state index < -0.39 is 0 Å². The van der Waals surface area contributed by atoms with Gasteiger partial charge in [-0.05, 0) is 87.1 Å². The number of carbonyl (C=O) groups excluding carboxylic acids is 1. The van der Waals surface area contributed by atoms with Crippen LogP contribution in [0.15, 0.2) is 81.7 Å². The van der Waals surface area contributed by atoms with Crippen LogP contribution >= 0.6 is 15.9 Å². The zero-order valence-corrected chi connectivity index (χ0v) is 21.3. The normalized spacial score (nSPS) is 12.1. The Morgan fingerprint density at radius 2 is 1.86 bits per heavy atom. The molecular weight excluding hydrogens is 504 g/mol. The van der Waals surface area contributed by atoms with Gasteiger partial charge in [0.25, 0.3) is 5.91 Å². The van der Waals surface area contributed by atoms with E-state index in [1.54, 1.807) is 7.11 Å². The summed E-state index contributed by atoms with van der Waals surface area (Å²) in [5, 5.41) is 4.90. The number of halogens is 1. The average molecular weight is 529 g/mol. The van der Waals surface area contributed by atoms with Crippen molar-refractivity contribution in [2.75, 3.05) is 12.4 Å². The van der Waals surface area contributed by atoms with Crippen molar-refractivity contribution >= 4 is 49.4 Å². The predicted octanol–water partition coefficient (Wildman–Crippen LogP) is 8.18. The monoisotopic (exact) mass is 528 g/mol. The van der Waals surface area contributed by atoms with Crippen LogP contribution < -0.4 is 10.1 Å². The van der Waals surface area contributed by atoms with Crippen molar-refractivity contribution in [1.82, 2.24) is 4.98 Å². The van der Waals surface area contributed by atoms with Gasteiger partial charge < -0.3 is 14.5 Å². The highest BCUT2D eigenvalue weighted by molar-refractivity contribution is 9.10. The number of nitrogens with one attached hydrogen (secondary N) is 1. The van der Waals surface area contributed by atoms with Gasteiger partial charge in [0.1, 0.15) is 11.3 Å². The molecule has 4 aromatic carbocycles. The molecule has 0 saturated heterocycles. The number of carbonyl (C=O) groups is 1. The third kappa shape index (κ3) is 4.42. The van der Waals surface area contributed by atoms with Crippen LogP contribution in [0.1, 0.15) is 42.1 Å². The zero-order chi connectivity index (χ0) is 24.5. The number of methoxy groups -OCH3 is 1. The molecule has 6 heteroatoms. The van der Waals surface area contributed by atoms with Gasteiger partial charge in [0.2, 0.25) is 5.89 Å². The molecule has 0 aliphatic rings. The second-order valence-corrected chi connectivity index (χ2v) is 9.37. The van der Waals surface area contributed by atoms with Crippen molar-refractivity contribution in [1.29, 1.82) is 0 Å². The van der Waals surface area contributed by atoms with E-state index in [4.69, 9.17) is 9.15 Å². The molecule has 176 valence electrons. The highest BCUT2D eigenvalue weighted by Crippen LogP contribution is 2.37. The molecular formula is C29H25BrN2O3. The summed E-state index contributed by atoms with van der Waals surface area (Å²) in [5.74, 6) is 1.28. The fourth-order valence-corrected chi connectivity index (χ4v) is 4.89. The number of anilines is 1. The number of aromatic nitrogens is 1. The van der Waals surface area contributed by atoms with Crippen molar-refractivity contribution in [3.05, 3.63) is 88.4 Å². The van der Waals surface area contributed by atoms with Crippen molar-refractivity contribution in [3.63, 3.8) is 0 Å². The molecule has 35 heavy (non-hydrogen) atoms. The second kappa shape index (κ2) is 9.55. The summed E-state index contributed by atoms with van der Waals surface area (Å²) < 4.78 is 12.3. The van der Waals surface area contributed by atoms with Crippen LogP contribution in [0.4, 0.5) is 5.69 Å². The van der Waals surface area contributed by atoms with Crippen LogP contribution in [0.3, 0.4) is 0 Å². The number of ether oxygens (including phenoxy) is 1. The quantitative estimate of drug-likeness (QED) is 0.241. The minimum Gasteiger partial charge on any atom is -0.495 e. The van der Waals surface area contributed by atoms with Gasteiger partial charge in [-0.1, -0.05) is 44.2 Å². The summed E-state index contributed by atoms with van der Waals surface area (Å²) in [5.41, 5.74) is 4.84. The molecule has 0 bridgehead atoms. The fraction of sp³-hybridized carbons (Fsp3) is 0.172. The summed E-state index contributed by atoms with van der Waals surface area (Å²) >= 11 is 3.59. The molecule has 0 aliphatic heterocycles. The Labute approximate surface area is 212 Å². The Hall–Kier alpha value is -3.64. The molecule has 1 amide bonds. The minimum atomic E-state index is -0.250. The Morgan fingerprint density at radius 3 is 2.60 bits per heavy atom. The maximum atomic E-state index is 13.1. The lowest BCUT2D eigenvalue weighted by Gasteiger charge is -2.13. The topological polar surface area (TPSA) is 64.4 Å². The number of hydrogen-bond acceptors (Lipinski definition) is 4. The van der Waals surface area contributed by atoms with Gasteiger partial charge in [-0.25, -0.2) is 4.98 Å². The van der Waals surface area contributed by atoms with Gasteiger partial charge in [0.15, 0.2) is 5.58 Å². The molecule has 1 heterocycles. The number of amides is 1. The van der Waals surface area contributed by atoms with E-state index in [2.05, 4.69) is 52.2 Å². The van der Waals surface area contributed by atoms with E-state index in [0.29, 0.717) is 28.8 Å². The first-order valence-electron chi connectivity index (χ1n) is 11.6. The third-order valence-electron chi connectivity index (χ3n) is 6.37. The van der Waals surface area contributed by atoms with Gasteiger partial charge in [-0.3, -0.25) is 4.79 Å². The predicted molar refractivity (Wildman–Crippen MR) is 144 cm³/mol. The van der Waals surface area contributed by atoms with Crippen molar-refractivity contribution in [2.24, 2.45) is 0 Å². The molecule has 0 fully saturated rings. The summed E-state index contributed by atoms with van der Waals surface area (Å²) in [6.45, 7) is 4.39. The first-order chi connectivity index (χ1) is 17.0. The van der Waals surface area contributed by atoms with Crippen LogP contribution in [-0.2, 0) is 0 Å². The standard InChI is InChI=1S/C29H25BrN2O3/c1-4-17(2)19-11-14-25-24(16-19)32-29(35-25)18-9-12-21(13-10-18)31-28(33)23-15-20-7-5-6-8-22(20)26(30)27(23)34-3/h5-17H,4H2,1-3H3,(H,31,33)/t17-/m1/s1. The molecule has 0 unspecified atom stereocenters. The molecule has 0 spiro atoms. The maximum Gasteiger partial charge on any atom is 0.259 e. The van der Waals surface area contributed by atoms with Crippen LogP contribution in [0.25, 0.3) is 33.3 Å². The SMILES string of the molecule is CC[C@@H](C)c1ccc2oc(-c3ccc(NC(=O)c4cc5ccccc5c(Br)c4OC)cc3)nc2c1. The van der Waals surface area contributed by atoms with Gasteiger partial charge in [-0.2, -0.15) is 0 Å². The highest BCUT2D eigenvalue weighted by Gasteiger charge is 2.18. The maximum absolute atomic E-state index is 13.1. The summed E-state index contributed by atoms with van der Waals surface area (Å²) in [4.78, 5) is 17.8. The first-order valence-corrected chi connectivity index (χ1v) is 12.3. The van der Waals surface area contributed by atoms with Crippen LogP contribution in [0.2, 0.25) is 0 Å². The largest absolute Gasteiger partial charge is 0.495 e. The Balaban J connectivity index is 1.39. The lowest BCUT2D eigenvalue weighted by molar-refractivity contribution is 0.102. The number of nitrogens with zero attached hydrogens (tertiary/aromatic N) is 1. The summed E-state index contributed by atoms with van der Waals surface area (Å²) in [7, 11) is 1.56. The Morgan fingerprint density at radius 1 is 1.09 bits per heavy atom. The van der Waals surface area contributed by atoms with Crippen molar-refractivity contribution in [2.45, 2.75) is 26.2 Å². The highest BCUT2D eigenvalue weighted by atomic mass is 79.9. The third-order valence-corrected chi connectivity index (χ3v) is 7.16. The molecule has 1 N–H and O–H groups in total. The second-order valence-electron chi connectivity index (χ2n) is 8.58. The van der Waals surface area contributed by atoms with Crippen molar-refractivity contribution in [3.8, 4) is 17.2 Å². The van der Waals surface area contributed by atoms with Crippen LogP contribution in [-0.4, -0.2) is 18.0 Å². The van der Waals surface area contributed by atoms with Gasteiger partial charge in [0.05, 0.1) is 17.1 Å². The van der Waals surface area contributed by atoms with Crippen LogP contribution in [0.5, 0.6) is 5.75 Å². The van der Waals surface area contributed by atoms with E-state index in [1.165, 1.54) is 5.56 Å². The lowest BCUT2D eigenvalue weighted by atomic mass is 9.98. The Bertz CT molecular complexity index is 1540. The van der Waals surface area contributed by atoms with E-state index in [-0.39, 0.29) is 5.91 Å². The molecule has 0 aliphatic carbocycles. The number of oxazole rings is 1. The smallest absolute Gasteiger partial charge is 0.259 e. The van der Waals surface area contributed by atoms with E-state index in [9.17, 15) is 4.79 Å². The molecule has 1 aromatic heterocycles. The van der Waals surface area contributed by atoms with E-state index in [1.807, 2.05) is 60.7 Å². The zero-order valence-electron chi connectivity index (χ0n) is 19.8. The minimum absolute atomic E-state index is 0.250. The van der Waals surface area contributed by atoms with Gasteiger partial charge in [-0.15, -0.1) is 0 Å². The van der Waals surface area contributed by atoms with E-state index >= 15 is 0 Å². The molecule has 0 radical (unpaired) electrons. The molecule has 1 atom stereocenters. The summed E-state index contributed by atoms with van der Waals surface area (Å²) in [6.07, 6.45) is 1.07.